The Morgan fingerprint density at radius 2 is 1.89 bits per heavy atom. The second-order valence-corrected chi connectivity index (χ2v) is 8.50. The van der Waals surface area contributed by atoms with Crippen LogP contribution in [0, 0.1) is 5.41 Å². The fourth-order valence-corrected chi connectivity index (χ4v) is 4.38. The van der Waals surface area contributed by atoms with Gasteiger partial charge >= 0.3 is 6.01 Å². The first-order valence-electron chi connectivity index (χ1n) is 10.1. The van der Waals surface area contributed by atoms with Crippen LogP contribution in [-0.2, 0) is 4.79 Å². The van der Waals surface area contributed by atoms with Gasteiger partial charge in [0.2, 0.25) is 11.8 Å². The third-order valence-corrected chi connectivity index (χ3v) is 6.58. The molecule has 3 fully saturated rings. The van der Waals surface area contributed by atoms with Crippen LogP contribution >= 0.6 is 0 Å². The molecule has 0 bridgehead atoms. The number of benzene rings is 1. The summed E-state index contributed by atoms with van der Waals surface area (Å²) < 4.78 is 5.81. The Morgan fingerprint density at radius 1 is 1.15 bits per heavy atom. The van der Waals surface area contributed by atoms with Crippen molar-refractivity contribution in [1.82, 2.24) is 15.1 Å². The van der Waals surface area contributed by atoms with Crippen molar-refractivity contribution in [2.24, 2.45) is 5.41 Å². The average Bonchev–Trinajstić information content (AvgIpc) is 3.61. The Labute approximate surface area is 159 Å². The number of nitrogens with zero attached hydrogens (tertiary/aromatic N) is 3. The van der Waals surface area contributed by atoms with Crippen LogP contribution in [0.3, 0.4) is 0 Å². The van der Waals surface area contributed by atoms with Gasteiger partial charge in [0.05, 0.1) is 0 Å². The van der Waals surface area contributed by atoms with Gasteiger partial charge in [0.1, 0.15) is 6.04 Å². The predicted octanol–water partition coefficient (Wildman–Crippen LogP) is 3.54. The molecule has 5 rings (SSSR count). The van der Waals surface area contributed by atoms with Gasteiger partial charge in [-0.2, -0.15) is 0 Å². The zero-order chi connectivity index (χ0) is 18.4. The fraction of sp³-hybridized carbons (Fsp3) is 0.571. The third-order valence-electron chi connectivity index (χ3n) is 6.58. The highest BCUT2D eigenvalue weighted by atomic mass is 16.4. The summed E-state index contributed by atoms with van der Waals surface area (Å²) in [5.41, 5.74) is 1.89. The van der Waals surface area contributed by atoms with Crippen LogP contribution in [0.4, 0.5) is 6.01 Å². The van der Waals surface area contributed by atoms with Crippen molar-refractivity contribution < 1.29 is 9.21 Å². The summed E-state index contributed by atoms with van der Waals surface area (Å²) >= 11 is 0. The highest BCUT2D eigenvalue weighted by Crippen LogP contribution is 2.54. The maximum absolute atomic E-state index is 12.7. The van der Waals surface area contributed by atoms with Crippen molar-refractivity contribution in [3.05, 3.63) is 41.8 Å². The third kappa shape index (κ3) is 3.33. The van der Waals surface area contributed by atoms with E-state index in [0.717, 1.165) is 32.4 Å². The van der Waals surface area contributed by atoms with E-state index in [9.17, 15) is 4.79 Å². The molecular formula is C21H26N4O2. The second kappa shape index (κ2) is 6.36. The first-order valence-corrected chi connectivity index (χ1v) is 10.1. The molecule has 1 amide bonds. The minimum atomic E-state index is -0.351. The van der Waals surface area contributed by atoms with E-state index in [4.69, 9.17) is 4.42 Å². The van der Waals surface area contributed by atoms with Gasteiger partial charge in [-0.3, -0.25) is 4.79 Å². The lowest BCUT2D eigenvalue weighted by Crippen LogP contribution is -2.45. The first kappa shape index (κ1) is 16.8. The number of likely N-dealkylation sites (tertiary alicyclic amines) is 1. The predicted molar refractivity (Wildman–Crippen MR) is 101 cm³/mol. The van der Waals surface area contributed by atoms with Crippen molar-refractivity contribution in [3.63, 3.8) is 0 Å². The largest absolute Gasteiger partial charge is 0.408 e. The highest BCUT2D eigenvalue weighted by molar-refractivity contribution is 5.83. The molecule has 27 heavy (non-hydrogen) atoms. The van der Waals surface area contributed by atoms with Crippen LogP contribution in [0.15, 0.2) is 34.7 Å². The first-order chi connectivity index (χ1) is 13.1. The summed E-state index contributed by atoms with van der Waals surface area (Å²) in [6, 6.07) is 10.4. The van der Waals surface area contributed by atoms with Gasteiger partial charge in [-0.25, -0.2) is 0 Å². The van der Waals surface area contributed by atoms with Crippen molar-refractivity contribution in [1.29, 1.82) is 0 Å². The SMILES string of the molecule is C[C@H](Nc1nnc([C@H]2C[C@@H]2c2ccccc2)o1)C(=O)N1CCC2(CC1)CC2. The monoisotopic (exact) mass is 366 g/mol. The summed E-state index contributed by atoms with van der Waals surface area (Å²) in [6.45, 7) is 3.62. The van der Waals surface area contributed by atoms with Crippen molar-refractivity contribution in [3.8, 4) is 0 Å². The maximum atomic E-state index is 12.7. The van der Waals surface area contributed by atoms with Gasteiger partial charge in [0, 0.05) is 19.0 Å². The number of amides is 1. The lowest BCUT2D eigenvalue weighted by molar-refractivity contribution is -0.133. The average molecular weight is 366 g/mol. The molecule has 0 radical (unpaired) electrons. The molecular weight excluding hydrogens is 340 g/mol. The number of anilines is 1. The normalized spacial score (nSPS) is 26.6. The van der Waals surface area contributed by atoms with Crippen molar-refractivity contribution in [2.45, 2.75) is 56.9 Å². The fourth-order valence-electron chi connectivity index (χ4n) is 4.38. The maximum Gasteiger partial charge on any atom is 0.316 e. The number of aromatic nitrogens is 2. The quantitative estimate of drug-likeness (QED) is 0.876. The van der Waals surface area contributed by atoms with Crippen LogP contribution in [0.1, 0.15) is 62.3 Å². The van der Waals surface area contributed by atoms with E-state index < -0.39 is 0 Å². The molecule has 1 aromatic heterocycles. The van der Waals surface area contributed by atoms with Crippen LogP contribution < -0.4 is 5.32 Å². The molecule has 2 aromatic rings. The van der Waals surface area contributed by atoms with Crippen molar-refractivity contribution in [2.75, 3.05) is 18.4 Å². The molecule has 2 saturated carbocycles. The summed E-state index contributed by atoms with van der Waals surface area (Å²) in [6.07, 6.45) is 6.03. The van der Waals surface area contributed by atoms with E-state index >= 15 is 0 Å². The minimum absolute atomic E-state index is 0.124. The standard InChI is InChI=1S/C21H26N4O2/c1-14(19(26)25-11-9-21(7-8-21)10-12-25)22-20-24-23-18(27-20)17-13-16(17)15-5-3-2-4-6-15/h2-6,14,16-17H,7-13H2,1H3,(H,22,24)/t14-,16+,17-/m0/s1. The molecule has 6 heteroatoms. The number of carbonyl (C=O) groups is 1. The number of piperidine rings is 1. The molecule has 2 heterocycles. The van der Waals surface area contributed by atoms with Crippen LogP contribution in [0.25, 0.3) is 0 Å². The summed E-state index contributed by atoms with van der Waals surface area (Å²) in [5.74, 6) is 1.54. The van der Waals surface area contributed by atoms with Gasteiger partial charge in [-0.15, -0.1) is 5.10 Å². The Hall–Kier alpha value is -2.37. The Morgan fingerprint density at radius 3 is 2.59 bits per heavy atom. The minimum Gasteiger partial charge on any atom is -0.408 e. The van der Waals surface area contributed by atoms with Crippen LogP contribution in [-0.4, -0.2) is 40.1 Å². The zero-order valence-electron chi connectivity index (χ0n) is 15.7. The molecule has 142 valence electrons. The molecule has 1 aromatic carbocycles. The molecule has 2 aliphatic carbocycles. The molecule has 1 spiro atoms. The van der Waals surface area contributed by atoms with Gasteiger partial charge in [0.15, 0.2) is 0 Å². The van der Waals surface area contributed by atoms with Gasteiger partial charge in [-0.1, -0.05) is 35.4 Å². The molecule has 1 N–H and O–H groups in total. The van der Waals surface area contributed by atoms with Crippen LogP contribution in [0.2, 0.25) is 0 Å². The highest BCUT2D eigenvalue weighted by Gasteiger charge is 2.46. The van der Waals surface area contributed by atoms with Gasteiger partial charge in [-0.05, 0) is 55.9 Å². The number of nitrogens with one attached hydrogen (secondary N) is 1. The number of hydrogen-bond acceptors (Lipinski definition) is 5. The lowest BCUT2D eigenvalue weighted by atomic mass is 9.93. The van der Waals surface area contributed by atoms with E-state index in [1.165, 1.54) is 18.4 Å². The van der Waals surface area contributed by atoms with E-state index in [1.54, 1.807) is 0 Å². The Bertz CT molecular complexity index is 820. The second-order valence-electron chi connectivity index (χ2n) is 8.50. The molecule has 1 saturated heterocycles. The van der Waals surface area contributed by atoms with Gasteiger partial charge < -0.3 is 14.6 Å². The van der Waals surface area contributed by atoms with Crippen molar-refractivity contribution >= 4 is 11.9 Å². The molecule has 0 unspecified atom stereocenters. The topological polar surface area (TPSA) is 71.3 Å². The molecule has 6 nitrogen and oxygen atoms in total. The van der Waals surface area contributed by atoms with E-state index in [2.05, 4.69) is 39.8 Å². The van der Waals surface area contributed by atoms with E-state index in [-0.39, 0.29) is 11.9 Å². The van der Waals surface area contributed by atoms with Gasteiger partial charge in [0.25, 0.3) is 0 Å². The molecule has 3 aliphatic rings. The molecule has 1 aliphatic heterocycles. The van der Waals surface area contributed by atoms with E-state index in [0.29, 0.717) is 29.2 Å². The Kier molecular flexibility index (Phi) is 3.95. The lowest BCUT2D eigenvalue weighted by Gasteiger charge is -2.33. The molecule has 3 atom stereocenters. The summed E-state index contributed by atoms with van der Waals surface area (Å²) in [7, 11) is 0. The summed E-state index contributed by atoms with van der Waals surface area (Å²) in [4.78, 5) is 14.7. The summed E-state index contributed by atoms with van der Waals surface area (Å²) in [5, 5.41) is 11.4. The Balaban J connectivity index is 1.17. The number of rotatable bonds is 5. The van der Waals surface area contributed by atoms with Crippen LogP contribution in [0.5, 0.6) is 0 Å². The smallest absolute Gasteiger partial charge is 0.316 e. The van der Waals surface area contributed by atoms with E-state index in [1.807, 2.05) is 17.9 Å². The number of hydrogen-bond donors (Lipinski definition) is 1. The zero-order valence-corrected chi connectivity index (χ0v) is 15.7. The number of carbonyl (C=O) groups excluding carboxylic acids is 1.